The molecule has 36 heavy (non-hydrogen) atoms. The molecule has 3 rings (SSSR count). The number of carboxylic acid groups (broad SMARTS) is 1. The lowest BCUT2D eigenvalue weighted by molar-refractivity contribution is -0.139. The summed E-state index contributed by atoms with van der Waals surface area (Å²) in [6.45, 7) is 8.85. The number of hydrogen-bond donors (Lipinski definition) is 1. The Morgan fingerprint density at radius 1 is 1.19 bits per heavy atom. The quantitative estimate of drug-likeness (QED) is 0.410. The van der Waals surface area contributed by atoms with Crippen molar-refractivity contribution in [2.75, 3.05) is 4.90 Å². The van der Waals surface area contributed by atoms with Gasteiger partial charge in [0.15, 0.2) is 11.6 Å². The molecule has 0 spiro atoms. The standard InChI is InChI=1S/C26H28F4N2O4/c1-5-16-10-19(26(28,29)30)23(31-13-16)36-22-11-18(25(34)35)21(12-20(22)27)32(14(2)3)24(33)17-8-6-15(4)7-9-17/h5,10-15,17H,1,6-9H2,2-4H3,(H,34,35)/t15-,17-. The van der Waals surface area contributed by atoms with Gasteiger partial charge in [-0.1, -0.05) is 19.6 Å². The second kappa shape index (κ2) is 10.7. The molecule has 1 aliphatic carbocycles. The first-order valence-corrected chi connectivity index (χ1v) is 11.6. The molecule has 1 amide bonds. The van der Waals surface area contributed by atoms with Crippen LogP contribution in [0, 0.1) is 17.7 Å². The fraction of sp³-hybridized carbons (Fsp3) is 0.423. The van der Waals surface area contributed by atoms with Crippen LogP contribution in [-0.2, 0) is 11.0 Å². The zero-order chi connectivity index (χ0) is 26.8. The number of halogens is 4. The van der Waals surface area contributed by atoms with Crippen LogP contribution in [0.5, 0.6) is 11.6 Å². The van der Waals surface area contributed by atoms with Gasteiger partial charge in [0.25, 0.3) is 0 Å². The fourth-order valence-corrected chi connectivity index (χ4v) is 4.32. The van der Waals surface area contributed by atoms with Crippen molar-refractivity contribution in [3.8, 4) is 11.6 Å². The van der Waals surface area contributed by atoms with E-state index in [0.29, 0.717) is 18.8 Å². The van der Waals surface area contributed by atoms with E-state index in [2.05, 4.69) is 18.5 Å². The molecule has 0 bridgehead atoms. The number of nitrogens with zero attached hydrogens (tertiary/aromatic N) is 2. The maximum Gasteiger partial charge on any atom is 0.421 e. The average Bonchev–Trinajstić information content (AvgIpc) is 2.80. The Bertz CT molecular complexity index is 1160. The Balaban J connectivity index is 2.05. The molecule has 1 heterocycles. The lowest BCUT2D eigenvalue weighted by Crippen LogP contribution is -2.43. The maximum absolute atomic E-state index is 15.2. The molecule has 1 aromatic heterocycles. The lowest BCUT2D eigenvalue weighted by Gasteiger charge is -2.34. The number of aromatic nitrogens is 1. The van der Waals surface area contributed by atoms with Crippen molar-refractivity contribution in [2.45, 2.75) is 58.7 Å². The van der Waals surface area contributed by atoms with Crippen LogP contribution >= 0.6 is 0 Å². The van der Waals surface area contributed by atoms with Gasteiger partial charge in [-0.2, -0.15) is 13.2 Å². The number of amides is 1. The highest BCUT2D eigenvalue weighted by atomic mass is 19.4. The number of carbonyl (C=O) groups is 2. The van der Waals surface area contributed by atoms with Gasteiger partial charge in [0.05, 0.1) is 11.3 Å². The second-order valence-electron chi connectivity index (χ2n) is 9.29. The van der Waals surface area contributed by atoms with Crippen molar-refractivity contribution in [1.82, 2.24) is 4.98 Å². The minimum Gasteiger partial charge on any atom is -0.478 e. The third kappa shape index (κ3) is 5.85. The topological polar surface area (TPSA) is 79.7 Å². The van der Waals surface area contributed by atoms with Crippen LogP contribution in [0.3, 0.4) is 0 Å². The molecule has 0 saturated heterocycles. The van der Waals surface area contributed by atoms with Crippen LogP contribution in [0.15, 0.2) is 31.0 Å². The average molecular weight is 509 g/mol. The Kier molecular flexibility index (Phi) is 8.05. The van der Waals surface area contributed by atoms with E-state index in [1.54, 1.807) is 13.8 Å². The maximum atomic E-state index is 15.2. The van der Waals surface area contributed by atoms with Crippen molar-refractivity contribution >= 4 is 23.6 Å². The van der Waals surface area contributed by atoms with Crippen molar-refractivity contribution in [3.63, 3.8) is 0 Å². The van der Waals surface area contributed by atoms with E-state index in [9.17, 15) is 27.9 Å². The number of pyridine rings is 1. The van der Waals surface area contributed by atoms with Gasteiger partial charge in [-0.05, 0) is 57.1 Å². The molecule has 1 N–H and O–H groups in total. The minimum atomic E-state index is -4.87. The summed E-state index contributed by atoms with van der Waals surface area (Å²) < 4.78 is 60.9. The summed E-state index contributed by atoms with van der Waals surface area (Å²) in [4.78, 5) is 30.3. The van der Waals surface area contributed by atoms with Crippen LogP contribution < -0.4 is 9.64 Å². The van der Waals surface area contributed by atoms with Crippen LogP contribution in [0.1, 0.15) is 67.9 Å². The Morgan fingerprint density at radius 2 is 1.83 bits per heavy atom. The molecule has 2 aromatic rings. The van der Waals surface area contributed by atoms with Gasteiger partial charge in [0, 0.05) is 30.3 Å². The molecule has 0 unspecified atom stereocenters. The van der Waals surface area contributed by atoms with Crippen LogP contribution in [0.25, 0.3) is 6.08 Å². The number of benzene rings is 1. The van der Waals surface area contributed by atoms with Gasteiger partial charge in [-0.25, -0.2) is 14.2 Å². The van der Waals surface area contributed by atoms with E-state index in [1.165, 1.54) is 4.90 Å². The van der Waals surface area contributed by atoms with Gasteiger partial charge < -0.3 is 14.7 Å². The van der Waals surface area contributed by atoms with E-state index in [-0.39, 0.29) is 23.1 Å². The van der Waals surface area contributed by atoms with Gasteiger partial charge in [0.2, 0.25) is 11.8 Å². The first kappa shape index (κ1) is 27.2. The van der Waals surface area contributed by atoms with Gasteiger partial charge in [0.1, 0.15) is 5.56 Å². The minimum absolute atomic E-state index is 0.0694. The normalized spacial score (nSPS) is 18.1. The molecule has 10 heteroatoms. The first-order valence-electron chi connectivity index (χ1n) is 11.6. The molecule has 0 atom stereocenters. The second-order valence-corrected chi connectivity index (χ2v) is 9.29. The smallest absolute Gasteiger partial charge is 0.421 e. The SMILES string of the molecule is C=Cc1cnc(Oc2cc(C(=O)O)c(N(C(=O)[C@H]3CC[C@H](C)CC3)C(C)C)cc2F)c(C(F)(F)F)c1. The molecule has 1 aromatic carbocycles. The van der Waals surface area contributed by atoms with Gasteiger partial charge in [-0.15, -0.1) is 0 Å². The summed E-state index contributed by atoms with van der Waals surface area (Å²) in [6, 6.07) is 1.84. The van der Waals surface area contributed by atoms with E-state index >= 15 is 4.39 Å². The highest BCUT2D eigenvalue weighted by molar-refractivity contribution is 6.03. The van der Waals surface area contributed by atoms with Crippen molar-refractivity contribution in [2.24, 2.45) is 11.8 Å². The third-order valence-corrected chi connectivity index (χ3v) is 6.28. The number of ether oxygens (including phenoxy) is 1. The van der Waals surface area contributed by atoms with Crippen LogP contribution in [0.2, 0.25) is 0 Å². The molecule has 1 aliphatic rings. The van der Waals surface area contributed by atoms with E-state index in [0.717, 1.165) is 43.3 Å². The largest absolute Gasteiger partial charge is 0.478 e. The number of anilines is 1. The predicted molar refractivity (Wildman–Crippen MR) is 127 cm³/mol. The summed E-state index contributed by atoms with van der Waals surface area (Å²) in [6.07, 6.45) is 0.346. The molecular weight excluding hydrogens is 480 g/mol. The van der Waals surface area contributed by atoms with Crippen molar-refractivity contribution in [3.05, 3.63) is 53.5 Å². The van der Waals surface area contributed by atoms with E-state index in [4.69, 9.17) is 4.74 Å². The highest BCUT2D eigenvalue weighted by Gasteiger charge is 2.37. The van der Waals surface area contributed by atoms with Gasteiger partial charge in [-0.3, -0.25) is 4.79 Å². The summed E-state index contributed by atoms with van der Waals surface area (Å²) >= 11 is 0. The summed E-state index contributed by atoms with van der Waals surface area (Å²) in [5, 5.41) is 9.83. The molecule has 0 radical (unpaired) electrons. The molecule has 194 valence electrons. The van der Waals surface area contributed by atoms with Crippen LogP contribution in [-0.4, -0.2) is 28.0 Å². The lowest BCUT2D eigenvalue weighted by atomic mass is 9.82. The number of hydrogen-bond acceptors (Lipinski definition) is 4. The van der Waals surface area contributed by atoms with Crippen molar-refractivity contribution in [1.29, 1.82) is 0 Å². The molecule has 0 aliphatic heterocycles. The Morgan fingerprint density at radius 3 is 2.36 bits per heavy atom. The molecule has 1 fully saturated rings. The third-order valence-electron chi connectivity index (χ3n) is 6.28. The molecular formula is C26H28F4N2O4. The summed E-state index contributed by atoms with van der Waals surface area (Å²) in [5.74, 6) is -4.47. The number of aromatic carboxylic acids is 1. The highest BCUT2D eigenvalue weighted by Crippen LogP contribution is 2.40. The number of alkyl halides is 3. The zero-order valence-electron chi connectivity index (χ0n) is 20.2. The number of carbonyl (C=O) groups excluding carboxylic acids is 1. The Labute approximate surface area is 206 Å². The first-order chi connectivity index (χ1) is 16.8. The number of rotatable bonds is 7. The zero-order valence-corrected chi connectivity index (χ0v) is 20.2. The van der Waals surface area contributed by atoms with Crippen molar-refractivity contribution < 1.29 is 37.0 Å². The monoisotopic (exact) mass is 508 g/mol. The van der Waals surface area contributed by atoms with Crippen LogP contribution in [0.4, 0.5) is 23.2 Å². The fourth-order valence-electron chi connectivity index (χ4n) is 4.32. The Hall–Kier alpha value is -3.43. The van der Waals surface area contributed by atoms with Gasteiger partial charge >= 0.3 is 12.1 Å². The summed E-state index contributed by atoms with van der Waals surface area (Å²) in [7, 11) is 0. The van der Waals surface area contributed by atoms with E-state index < -0.39 is 46.8 Å². The predicted octanol–water partition coefficient (Wildman–Crippen LogP) is 6.94. The molecule has 6 nitrogen and oxygen atoms in total. The number of carboxylic acids is 1. The van der Waals surface area contributed by atoms with E-state index in [1.807, 2.05) is 0 Å². The molecule has 1 saturated carbocycles. The summed E-state index contributed by atoms with van der Waals surface area (Å²) in [5.41, 5.74) is -1.86.